The molecule has 2 amide bonds. The Labute approximate surface area is 161 Å². The van der Waals surface area contributed by atoms with Gasteiger partial charge in [-0.1, -0.05) is 24.3 Å². The number of imide groups is 1. The zero-order chi connectivity index (χ0) is 20.2. The molecule has 0 aromatic heterocycles. The summed E-state index contributed by atoms with van der Waals surface area (Å²) in [5.41, 5.74) is 2.80. The molecule has 144 valence electrons. The molecule has 2 aliphatic heterocycles. The lowest BCUT2D eigenvalue weighted by Gasteiger charge is -2.22. The topological polar surface area (TPSA) is 107 Å². The molecule has 0 spiro atoms. The highest BCUT2D eigenvalue weighted by molar-refractivity contribution is 6.23. The summed E-state index contributed by atoms with van der Waals surface area (Å²) in [4.78, 5) is 39.2. The van der Waals surface area contributed by atoms with Crippen LogP contribution in [0.15, 0.2) is 42.5 Å². The summed E-state index contributed by atoms with van der Waals surface area (Å²) in [6, 6.07) is 9.75. The molecular formula is C21H20N2O5. The predicted molar refractivity (Wildman–Crippen MR) is 101 cm³/mol. The van der Waals surface area contributed by atoms with Gasteiger partial charge in [0.25, 0.3) is 0 Å². The van der Waals surface area contributed by atoms with E-state index in [0.717, 1.165) is 16.0 Å². The van der Waals surface area contributed by atoms with E-state index >= 15 is 0 Å². The molecule has 3 N–H and O–H groups in total. The molecule has 0 radical (unpaired) electrons. The predicted octanol–water partition coefficient (Wildman–Crippen LogP) is 1.91. The Kier molecular flexibility index (Phi) is 4.19. The van der Waals surface area contributed by atoms with E-state index in [1.807, 2.05) is 19.9 Å². The minimum Gasteiger partial charge on any atom is -0.508 e. The fraction of sp³-hybridized carbons (Fsp3) is 0.286. The molecule has 2 aromatic carbocycles. The van der Waals surface area contributed by atoms with Crippen LogP contribution in [0.2, 0.25) is 0 Å². The number of amides is 2. The summed E-state index contributed by atoms with van der Waals surface area (Å²) in [6.45, 7) is 3.82. The maximum absolute atomic E-state index is 13.2. The van der Waals surface area contributed by atoms with Gasteiger partial charge in [-0.3, -0.25) is 19.7 Å². The van der Waals surface area contributed by atoms with Gasteiger partial charge in [0.1, 0.15) is 11.8 Å². The zero-order valence-electron chi connectivity index (χ0n) is 15.4. The van der Waals surface area contributed by atoms with Crippen LogP contribution in [0, 0.1) is 25.7 Å². The van der Waals surface area contributed by atoms with Crippen LogP contribution in [0.5, 0.6) is 5.75 Å². The number of phenolic OH excluding ortho intramolecular Hbond substituents is 1. The van der Waals surface area contributed by atoms with E-state index in [2.05, 4.69) is 5.32 Å². The number of nitrogens with zero attached hydrogens (tertiary/aromatic N) is 1. The smallest absolute Gasteiger partial charge is 0.321 e. The molecule has 7 heteroatoms. The number of hydrogen-bond donors (Lipinski definition) is 3. The SMILES string of the molecule is Cc1ccc(N2C(=O)[C@H]3[C@H](C2=O)[C@H](c2ccccc2O)N[C@@H]3C(=O)O)cc1C. The van der Waals surface area contributed by atoms with Crippen molar-refractivity contribution in [2.45, 2.75) is 25.9 Å². The van der Waals surface area contributed by atoms with Crippen LogP contribution in [0.3, 0.4) is 0 Å². The number of aliphatic carboxylic acids is 1. The molecule has 2 saturated heterocycles. The molecule has 0 bridgehead atoms. The Morgan fingerprint density at radius 1 is 1.00 bits per heavy atom. The first-order valence-corrected chi connectivity index (χ1v) is 9.03. The summed E-state index contributed by atoms with van der Waals surface area (Å²) in [5.74, 6) is -4.16. The van der Waals surface area contributed by atoms with Crippen molar-refractivity contribution >= 4 is 23.5 Å². The second-order valence-corrected chi connectivity index (χ2v) is 7.35. The van der Waals surface area contributed by atoms with Gasteiger partial charge in [0.15, 0.2) is 0 Å². The van der Waals surface area contributed by atoms with Crippen molar-refractivity contribution in [1.82, 2.24) is 5.32 Å². The molecule has 2 aromatic rings. The van der Waals surface area contributed by atoms with Crippen LogP contribution in [0.1, 0.15) is 22.7 Å². The molecule has 0 unspecified atom stereocenters. The van der Waals surface area contributed by atoms with Crippen molar-refractivity contribution in [3.8, 4) is 5.75 Å². The second kappa shape index (κ2) is 6.45. The Morgan fingerprint density at radius 3 is 2.32 bits per heavy atom. The lowest BCUT2D eigenvalue weighted by Crippen LogP contribution is -2.43. The van der Waals surface area contributed by atoms with E-state index in [0.29, 0.717) is 11.3 Å². The van der Waals surface area contributed by atoms with Gasteiger partial charge in [0.2, 0.25) is 11.8 Å². The third-order valence-corrected chi connectivity index (χ3v) is 5.76. The van der Waals surface area contributed by atoms with Crippen molar-refractivity contribution in [2.24, 2.45) is 11.8 Å². The largest absolute Gasteiger partial charge is 0.508 e. The number of fused-ring (bicyclic) bond motifs is 1. The monoisotopic (exact) mass is 380 g/mol. The Morgan fingerprint density at radius 2 is 1.68 bits per heavy atom. The van der Waals surface area contributed by atoms with E-state index in [1.54, 1.807) is 30.3 Å². The van der Waals surface area contributed by atoms with Crippen LogP contribution in [-0.4, -0.2) is 34.0 Å². The zero-order valence-corrected chi connectivity index (χ0v) is 15.4. The van der Waals surface area contributed by atoms with Crippen LogP contribution >= 0.6 is 0 Å². The summed E-state index contributed by atoms with van der Waals surface area (Å²) < 4.78 is 0. The van der Waals surface area contributed by atoms with Crippen LogP contribution in [0.4, 0.5) is 5.69 Å². The first kappa shape index (κ1) is 18.2. The Bertz CT molecular complexity index is 1000. The highest BCUT2D eigenvalue weighted by Gasteiger charge is 2.61. The van der Waals surface area contributed by atoms with Gasteiger partial charge in [-0.05, 0) is 43.2 Å². The quantitative estimate of drug-likeness (QED) is 0.703. The molecule has 0 saturated carbocycles. The number of carbonyl (C=O) groups excluding carboxylic acids is 2. The van der Waals surface area contributed by atoms with Crippen molar-refractivity contribution < 1.29 is 24.6 Å². The molecule has 4 atom stereocenters. The molecule has 7 nitrogen and oxygen atoms in total. The first-order chi connectivity index (χ1) is 13.3. The van der Waals surface area contributed by atoms with Crippen molar-refractivity contribution in [3.63, 3.8) is 0 Å². The summed E-state index contributed by atoms with van der Waals surface area (Å²) in [7, 11) is 0. The summed E-state index contributed by atoms with van der Waals surface area (Å²) in [5, 5.41) is 22.7. The van der Waals surface area contributed by atoms with E-state index in [1.165, 1.54) is 6.07 Å². The molecular weight excluding hydrogens is 360 g/mol. The highest BCUT2D eigenvalue weighted by atomic mass is 16.4. The maximum atomic E-state index is 13.2. The average Bonchev–Trinajstić information content (AvgIpc) is 3.16. The number of anilines is 1. The molecule has 0 aliphatic carbocycles. The second-order valence-electron chi connectivity index (χ2n) is 7.35. The van der Waals surface area contributed by atoms with Crippen molar-refractivity contribution in [1.29, 1.82) is 0 Å². The standard InChI is InChI=1S/C21H20N2O5/c1-10-7-8-12(9-11(10)2)23-19(25)15-16(20(23)26)18(21(27)28)22-17(15)13-5-3-4-6-14(13)24/h3-9,15-18,22,24H,1-2H3,(H,27,28)/t15-,16-,17-,18-/m0/s1. The lowest BCUT2D eigenvalue weighted by molar-refractivity contribution is -0.142. The minimum absolute atomic E-state index is 0.0466. The number of carbonyl (C=O) groups is 3. The number of benzene rings is 2. The van der Waals surface area contributed by atoms with Crippen molar-refractivity contribution in [3.05, 3.63) is 59.2 Å². The van der Waals surface area contributed by atoms with E-state index < -0.39 is 41.7 Å². The van der Waals surface area contributed by atoms with Crippen LogP contribution < -0.4 is 10.2 Å². The molecule has 4 rings (SSSR count). The number of para-hydroxylation sites is 1. The first-order valence-electron chi connectivity index (χ1n) is 9.03. The molecule has 2 fully saturated rings. The third-order valence-electron chi connectivity index (χ3n) is 5.76. The fourth-order valence-corrected chi connectivity index (χ4v) is 4.19. The molecule has 2 aliphatic rings. The van der Waals surface area contributed by atoms with Crippen LogP contribution in [-0.2, 0) is 14.4 Å². The van der Waals surface area contributed by atoms with E-state index in [4.69, 9.17) is 0 Å². The van der Waals surface area contributed by atoms with Gasteiger partial charge >= 0.3 is 5.97 Å². The number of aryl methyl sites for hydroxylation is 2. The number of phenols is 1. The maximum Gasteiger partial charge on any atom is 0.321 e. The number of carboxylic acids is 1. The third kappa shape index (κ3) is 2.58. The molecule has 2 heterocycles. The highest BCUT2D eigenvalue weighted by Crippen LogP contribution is 2.47. The minimum atomic E-state index is -1.21. The Hall–Kier alpha value is -3.19. The number of rotatable bonds is 3. The summed E-state index contributed by atoms with van der Waals surface area (Å²) >= 11 is 0. The number of hydrogen-bond acceptors (Lipinski definition) is 5. The van der Waals surface area contributed by atoms with Gasteiger partial charge in [-0.15, -0.1) is 0 Å². The number of carboxylic acid groups (broad SMARTS) is 1. The summed E-state index contributed by atoms with van der Waals surface area (Å²) in [6.07, 6.45) is 0. The average molecular weight is 380 g/mol. The lowest BCUT2D eigenvalue weighted by atomic mass is 9.86. The van der Waals surface area contributed by atoms with Gasteiger partial charge in [-0.25, -0.2) is 4.90 Å². The van der Waals surface area contributed by atoms with E-state index in [9.17, 15) is 24.6 Å². The van der Waals surface area contributed by atoms with Gasteiger partial charge in [0, 0.05) is 11.6 Å². The van der Waals surface area contributed by atoms with E-state index in [-0.39, 0.29) is 5.75 Å². The normalized spacial score (nSPS) is 26.6. The van der Waals surface area contributed by atoms with Crippen molar-refractivity contribution in [2.75, 3.05) is 4.90 Å². The Balaban J connectivity index is 1.80. The number of nitrogens with one attached hydrogen (secondary N) is 1. The fourth-order valence-electron chi connectivity index (χ4n) is 4.19. The number of aromatic hydroxyl groups is 1. The van der Waals surface area contributed by atoms with Gasteiger partial charge in [0.05, 0.1) is 17.5 Å². The van der Waals surface area contributed by atoms with Gasteiger partial charge < -0.3 is 10.2 Å². The molecule has 28 heavy (non-hydrogen) atoms. The van der Waals surface area contributed by atoms with Crippen LogP contribution in [0.25, 0.3) is 0 Å². The van der Waals surface area contributed by atoms with Gasteiger partial charge in [-0.2, -0.15) is 0 Å².